The minimum Gasteiger partial charge on any atom is -0.117 e. The topological polar surface area (TPSA) is 0 Å². The summed E-state index contributed by atoms with van der Waals surface area (Å²) in [7, 11) is 2.00. The monoisotopic (exact) mass is 93.1 g/mol. The highest BCUT2D eigenvalue weighted by Crippen LogP contribution is 1.82. The molecule has 0 atom stereocenters. The third kappa shape index (κ3) is 3.37. The average Bonchev–Trinajstić information content (AvgIpc) is 2.23. The lowest BCUT2D eigenvalue weighted by Gasteiger charge is -1.51. The zero-order valence-electron chi connectivity index (χ0n) is 4.89. The predicted octanol–water partition coefficient (Wildman–Crippen LogP) is 1.76. The van der Waals surface area contributed by atoms with Crippen LogP contribution in [0.2, 0.25) is 0 Å². The smallest absolute Gasteiger partial charge is 0.117 e. The van der Waals surface area contributed by atoms with Gasteiger partial charge in [-0.1, -0.05) is 26.0 Å². The van der Waals surface area contributed by atoms with Crippen molar-refractivity contribution in [2.45, 2.75) is 13.8 Å². The zero-order chi connectivity index (χ0) is 5.54. The van der Waals surface area contributed by atoms with Gasteiger partial charge in [-0.25, -0.2) is 0 Å². The Kier molecular flexibility index (Phi) is 5.18. The van der Waals surface area contributed by atoms with Gasteiger partial charge in [-0.05, 0) is 0 Å². The third-order valence-electron chi connectivity index (χ3n) is 0.556. The van der Waals surface area contributed by atoms with Gasteiger partial charge in [0.2, 0.25) is 0 Å². The van der Waals surface area contributed by atoms with Crippen LogP contribution < -0.4 is 0 Å². The van der Waals surface area contributed by atoms with E-state index in [-0.39, 0.29) is 0 Å². The summed E-state index contributed by atoms with van der Waals surface area (Å²) in [5, 5.41) is 0. The maximum Gasteiger partial charge on any atom is 0.171 e. The molecule has 0 saturated heterocycles. The first-order chi connectivity index (χ1) is 3.50. The molecule has 0 fully saturated rings. The van der Waals surface area contributed by atoms with Crippen molar-refractivity contribution in [3.05, 3.63) is 24.1 Å². The van der Waals surface area contributed by atoms with Crippen molar-refractivity contribution in [1.82, 2.24) is 0 Å². The number of allylic oxidation sites excluding steroid dienone is 2. The fraction of sp³-hybridized carbons (Fsp3) is 0.333. The van der Waals surface area contributed by atoms with E-state index < -0.39 is 0 Å². The van der Waals surface area contributed by atoms with Crippen LogP contribution in [-0.2, 0) is 0 Å². The zero-order valence-corrected chi connectivity index (χ0v) is 4.89. The summed E-state index contributed by atoms with van der Waals surface area (Å²) >= 11 is 0. The molecule has 0 nitrogen and oxygen atoms in total. The second kappa shape index (κ2) is 5.54. The van der Waals surface area contributed by atoms with E-state index in [2.05, 4.69) is 0 Å². The summed E-state index contributed by atoms with van der Waals surface area (Å²) in [5.74, 6) is 4.00. The van der Waals surface area contributed by atoms with Crippen LogP contribution in [0.5, 0.6) is 0 Å². The molecule has 37 valence electrons. The molecule has 0 bridgehead atoms. The predicted molar refractivity (Wildman–Crippen MR) is 35.4 cm³/mol. The Hall–Kier alpha value is -0.455. The van der Waals surface area contributed by atoms with Crippen molar-refractivity contribution in [3.63, 3.8) is 0 Å². The third-order valence-corrected chi connectivity index (χ3v) is 0.556. The Labute approximate surface area is 46.2 Å². The Morgan fingerprint density at radius 3 is 1.57 bits per heavy atom. The second-order valence-corrected chi connectivity index (χ2v) is 0.962. The molecule has 0 aromatic rings. The molecule has 0 N–H and O–H groups in total. The minimum atomic E-state index is 2.00. The van der Waals surface area contributed by atoms with Gasteiger partial charge in [-0.2, -0.15) is 0 Å². The summed E-state index contributed by atoms with van der Waals surface area (Å²) in [6.45, 7) is 4.00. The summed E-state index contributed by atoms with van der Waals surface area (Å²) < 4.78 is 0. The van der Waals surface area contributed by atoms with E-state index in [1.807, 2.05) is 45.2 Å². The molecule has 1 heteroatoms. The fourth-order valence-corrected chi connectivity index (χ4v) is 0.321. The Balaban J connectivity index is 0.000000162. The molecule has 1 heterocycles. The molecule has 1 aliphatic heterocycles. The summed E-state index contributed by atoms with van der Waals surface area (Å²) in [6.07, 6.45) is 4.00. The first kappa shape index (κ1) is 6.54. The highest BCUT2D eigenvalue weighted by molar-refractivity contribution is 6.49. The number of rotatable bonds is 0. The summed E-state index contributed by atoms with van der Waals surface area (Å²) in [4.78, 5) is 0. The normalized spacial score (nSPS) is 12.3. The quantitative estimate of drug-likeness (QED) is 0.400. The Morgan fingerprint density at radius 1 is 1.00 bits per heavy atom. The van der Waals surface area contributed by atoms with Crippen molar-refractivity contribution < 1.29 is 0 Å². The van der Waals surface area contributed by atoms with Crippen molar-refractivity contribution in [1.29, 1.82) is 0 Å². The lowest BCUT2D eigenvalue weighted by Crippen LogP contribution is -1.63. The van der Waals surface area contributed by atoms with E-state index in [9.17, 15) is 0 Å². The maximum atomic E-state index is 2.00. The van der Waals surface area contributed by atoms with E-state index in [0.717, 1.165) is 0 Å². The molecule has 0 aliphatic carbocycles. The lowest BCUT2D eigenvalue weighted by atomic mass is 9.83. The largest absolute Gasteiger partial charge is 0.171 e. The first-order valence-corrected chi connectivity index (χ1v) is 2.67. The van der Waals surface area contributed by atoms with E-state index in [1.54, 1.807) is 0 Å². The van der Waals surface area contributed by atoms with Crippen molar-refractivity contribution >= 4 is 7.28 Å². The second-order valence-electron chi connectivity index (χ2n) is 0.962. The van der Waals surface area contributed by atoms with Crippen LogP contribution in [0.15, 0.2) is 24.1 Å². The van der Waals surface area contributed by atoms with Crippen molar-refractivity contribution in [2.24, 2.45) is 0 Å². The number of hydrogen-bond donors (Lipinski definition) is 0. The van der Waals surface area contributed by atoms with E-state index in [0.29, 0.717) is 0 Å². The fourth-order valence-electron chi connectivity index (χ4n) is 0.321. The molecule has 0 amide bonds. The highest BCUT2D eigenvalue weighted by atomic mass is 13.6. The van der Waals surface area contributed by atoms with E-state index in [4.69, 9.17) is 0 Å². The molecule has 0 unspecified atom stereocenters. The maximum absolute atomic E-state index is 2.00. The van der Waals surface area contributed by atoms with Crippen LogP contribution in [-0.4, -0.2) is 7.28 Å². The molecule has 1 radical (unpaired) electrons. The van der Waals surface area contributed by atoms with Gasteiger partial charge < -0.3 is 0 Å². The van der Waals surface area contributed by atoms with Crippen LogP contribution in [0.4, 0.5) is 0 Å². The van der Waals surface area contributed by atoms with Gasteiger partial charge in [0, 0.05) is 0 Å². The molecule has 0 aromatic carbocycles. The Bertz CT molecular complexity index is 62.2. The van der Waals surface area contributed by atoms with Gasteiger partial charge in [0.1, 0.15) is 0 Å². The first-order valence-electron chi connectivity index (χ1n) is 2.67. The number of hydrogen-bond acceptors (Lipinski definition) is 0. The van der Waals surface area contributed by atoms with Crippen LogP contribution >= 0.6 is 0 Å². The van der Waals surface area contributed by atoms with Gasteiger partial charge in [0.05, 0.1) is 0 Å². The van der Waals surface area contributed by atoms with Gasteiger partial charge in [-0.3, -0.25) is 0 Å². The van der Waals surface area contributed by atoms with Crippen LogP contribution in [0.25, 0.3) is 0 Å². The molecule has 0 saturated carbocycles. The van der Waals surface area contributed by atoms with Gasteiger partial charge in [0.15, 0.2) is 7.28 Å². The van der Waals surface area contributed by atoms with Crippen molar-refractivity contribution in [2.75, 3.05) is 0 Å². The molecular weight excluding hydrogens is 82.9 g/mol. The molecule has 1 rings (SSSR count). The lowest BCUT2D eigenvalue weighted by molar-refractivity contribution is 1.50. The van der Waals surface area contributed by atoms with E-state index >= 15 is 0 Å². The van der Waals surface area contributed by atoms with Crippen LogP contribution in [0.1, 0.15) is 13.8 Å². The molecule has 0 spiro atoms. The van der Waals surface area contributed by atoms with Gasteiger partial charge in [-0.15, -0.1) is 12.0 Å². The average molecular weight is 93.0 g/mol. The SMILES string of the molecule is CC.[B]1C=CC=C1. The molecule has 7 heavy (non-hydrogen) atoms. The molecule has 1 aliphatic rings. The van der Waals surface area contributed by atoms with Gasteiger partial charge in [0.25, 0.3) is 0 Å². The van der Waals surface area contributed by atoms with Crippen LogP contribution in [0.3, 0.4) is 0 Å². The van der Waals surface area contributed by atoms with E-state index in [1.165, 1.54) is 0 Å². The Morgan fingerprint density at radius 2 is 1.43 bits per heavy atom. The molecule has 0 aromatic heterocycles. The summed E-state index contributed by atoms with van der Waals surface area (Å²) in [6, 6.07) is 0. The van der Waals surface area contributed by atoms with Gasteiger partial charge >= 0.3 is 0 Å². The van der Waals surface area contributed by atoms with Crippen molar-refractivity contribution in [3.8, 4) is 0 Å². The van der Waals surface area contributed by atoms with Crippen LogP contribution in [0, 0.1) is 0 Å². The molecular formula is C6H10B. The highest BCUT2D eigenvalue weighted by Gasteiger charge is 1.75. The summed E-state index contributed by atoms with van der Waals surface area (Å²) in [5.41, 5.74) is 0. The minimum absolute atomic E-state index is 2.00. The standard InChI is InChI=1S/C4H4B.C2H6/c1-2-4-5-3-1;1-2/h1-4H;1-2H3.